The van der Waals surface area contributed by atoms with E-state index in [1.54, 1.807) is 24.4 Å². The number of amides is 1. The van der Waals surface area contributed by atoms with Gasteiger partial charge in [0.15, 0.2) is 0 Å². The van der Waals surface area contributed by atoms with Crippen molar-refractivity contribution >= 4 is 48.0 Å². The minimum Gasteiger partial charge on any atom is -0.508 e. The van der Waals surface area contributed by atoms with Gasteiger partial charge in [-0.15, -0.1) is 0 Å². The number of aromatic nitrogens is 1. The molecule has 2 atom stereocenters. The fourth-order valence-electron chi connectivity index (χ4n) is 2.98. The Balaban J connectivity index is 0.00000392. The molecule has 0 radical (unpaired) electrons. The van der Waals surface area contributed by atoms with Crippen molar-refractivity contribution < 1.29 is 68.8 Å². The first-order chi connectivity index (χ1) is 12.9. The van der Waals surface area contributed by atoms with Gasteiger partial charge in [-0.3, -0.25) is 4.79 Å². The summed E-state index contributed by atoms with van der Waals surface area (Å²) in [5.41, 5.74) is 1.54. The molecule has 2 unspecified atom stereocenters. The molecule has 1 amide bonds. The first-order valence-electron chi connectivity index (χ1n) is 9.00. The molecule has 29 heavy (non-hydrogen) atoms. The van der Waals surface area contributed by atoms with E-state index in [1.807, 2.05) is 0 Å². The maximum absolute atomic E-state index is 12.1. The summed E-state index contributed by atoms with van der Waals surface area (Å²) in [6, 6.07) is 3.86. The zero-order valence-corrected chi connectivity index (χ0v) is 23.5. The first-order valence-corrected chi connectivity index (χ1v) is 10.2. The van der Waals surface area contributed by atoms with E-state index in [2.05, 4.69) is 35.6 Å². The Morgan fingerprint density at radius 1 is 1.21 bits per heavy atom. The number of unbranched alkanes of at least 4 members (excludes halogenated alkanes) is 1. The Kier molecular flexibility index (Phi) is 14.7. The number of aromatic amines is 1. The van der Waals surface area contributed by atoms with Gasteiger partial charge in [-0.1, -0.05) is 6.42 Å². The number of H-pyrrole nitrogens is 1. The van der Waals surface area contributed by atoms with Crippen LogP contribution in [0.25, 0.3) is 10.9 Å². The molecule has 0 aliphatic rings. The van der Waals surface area contributed by atoms with Crippen molar-refractivity contribution in [1.82, 2.24) is 10.3 Å². The Bertz CT molecular complexity index is 791. The molecule has 0 spiro atoms. The molecule has 0 aliphatic carbocycles. The topological polar surface area (TPSA) is 102 Å². The fraction of sp³-hybridized carbons (Fsp3) is 0.474. The summed E-state index contributed by atoms with van der Waals surface area (Å²) in [7, 11) is 0. The van der Waals surface area contributed by atoms with Crippen LogP contribution < -0.4 is 34.9 Å². The molecule has 0 bridgehead atoms. The number of carboxylic acids is 1. The van der Waals surface area contributed by atoms with Crippen LogP contribution in [-0.4, -0.2) is 44.1 Å². The molecule has 148 valence electrons. The number of thiol groups is 2. The van der Waals surface area contributed by atoms with E-state index < -0.39 is 12.0 Å². The molecule has 1 aromatic carbocycles. The van der Waals surface area contributed by atoms with Gasteiger partial charge in [0.2, 0.25) is 5.91 Å². The van der Waals surface area contributed by atoms with E-state index in [9.17, 15) is 19.8 Å². The third-order valence-corrected chi connectivity index (χ3v) is 5.24. The van der Waals surface area contributed by atoms with Crippen LogP contribution in [-0.2, 0) is 35.5 Å². The molecule has 0 aliphatic heterocycles. The molecule has 4 N–H and O–H groups in total. The van der Waals surface area contributed by atoms with Crippen LogP contribution in [0.2, 0.25) is 0 Å². The fourth-order valence-corrected chi connectivity index (χ4v) is 3.81. The number of fused-ring (bicyclic) bond motifs is 1. The quantitative estimate of drug-likeness (QED) is 0.151. The standard InChI is InChI=1S/C19H26N2O4S2.Na.Zn/c22-13-5-6-16-15(10-13)12(11-20-16)9-17(19(24)25)21-18(23)4-2-1-3-14(27)7-8-26;;/h5-6,10-11,14,17,20,22,26-27H,1-4,7-9H2,(H,21,23)(H,24,25);;/q;+1;+2. The average molecular weight is 499 g/mol. The number of rotatable bonds is 11. The number of phenols is 1. The first kappa shape index (κ1) is 28.8. The number of nitrogens with one attached hydrogen (secondary N) is 2. The molecule has 10 heteroatoms. The molecule has 1 aromatic heterocycles. The van der Waals surface area contributed by atoms with Crippen LogP contribution in [0.15, 0.2) is 24.4 Å². The number of hydrogen-bond donors (Lipinski definition) is 6. The second kappa shape index (κ2) is 14.8. The molecular formula is C19H26N2NaO4S2Zn+3. The molecule has 2 aromatic rings. The van der Waals surface area contributed by atoms with Gasteiger partial charge in [0, 0.05) is 35.2 Å². The maximum atomic E-state index is 12.1. The van der Waals surface area contributed by atoms with Gasteiger partial charge in [-0.25, -0.2) is 4.79 Å². The van der Waals surface area contributed by atoms with Crippen LogP contribution >= 0.6 is 25.3 Å². The molecule has 0 saturated heterocycles. The molecule has 6 nitrogen and oxygen atoms in total. The number of carbonyl (C=O) groups is 2. The smallest absolute Gasteiger partial charge is 0.508 e. The van der Waals surface area contributed by atoms with Crippen molar-refractivity contribution in [1.29, 1.82) is 0 Å². The van der Waals surface area contributed by atoms with Gasteiger partial charge in [-0.2, -0.15) is 25.3 Å². The van der Waals surface area contributed by atoms with Crippen LogP contribution in [0.3, 0.4) is 0 Å². The van der Waals surface area contributed by atoms with Gasteiger partial charge in [0.05, 0.1) is 0 Å². The van der Waals surface area contributed by atoms with Crippen molar-refractivity contribution in [2.24, 2.45) is 0 Å². The van der Waals surface area contributed by atoms with Gasteiger partial charge < -0.3 is 20.5 Å². The van der Waals surface area contributed by atoms with E-state index in [-0.39, 0.29) is 72.4 Å². The van der Waals surface area contributed by atoms with Crippen molar-refractivity contribution in [3.8, 4) is 5.75 Å². The number of carboxylic acid groups (broad SMARTS) is 1. The normalized spacial score (nSPS) is 12.5. The van der Waals surface area contributed by atoms with Crippen LogP contribution in [0.5, 0.6) is 5.75 Å². The summed E-state index contributed by atoms with van der Waals surface area (Å²) < 4.78 is 0. The van der Waals surface area contributed by atoms with Crippen molar-refractivity contribution in [3.05, 3.63) is 30.0 Å². The second-order valence-electron chi connectivity index (χ2n) is 6.62. The third-order valence-electron chi connectivity index (χ3n) is 4.46. The van der Waals surface area contributed by atoms with E-state index in [0.717, 1.165) is 41.5 Å². The SMILES string of the molecule is O=C(CCCCC(S)CCS)NC(Cc1c[nH]c2ccc(O)cc12)C(=O)O.[Na+].[Zn+2]. The minimum atomic E-state index is -1.08. The zero-order chi connectivity index (χ0) is 19.8. The summed E-state index contributed by atoms with van der Waals surface area (Å²) >= 11 is 8.63. The average Bonchev–Trinajstić information content (AvgIpc) is 3.00. The molecule has 2 rings (SSSR count). The van der Waals surface area contributed by atoms with Gasteiger partial charge in [0.25, 0.3) is 0 Å². The number of benzene rings is 1. The summed E-state index contributed by atoms with van der Waals surface area (Å²) in [6.07, 6.45) is 5.56. The van der Waals surface area contributed by atoms with Gasteiger partial charge >= 0.3 is 55.0 Å². The number of phenolic OH excluding ortho intramolecular Hbond substituents is 1. The Morgan fingerprint density at radius 2 is 1.93 bits per heavy atom. The van der Waals surface area contributed by atoms with Crippen LogP contribution in [0.1, 0.15) is 37.7 Å². The molecular weight excluding hydrogens is 473 g/mol. The summed E-state index contributed by atoms with van der Waals surface area (Å²) in [4.78, 5) is 26.7. The monoisotopic (exact) mass is 497 g/mol. The number of aliphatic carboxylic acids is 1. The Morgan fingerprint density at radius 3 is 2.59 bits per heavy atom. The van der Waals surface area contributed by atoms with E-state index >= 15 is 0 Å². The Hall–Kier alpha value is -0.177. The zero-order valence-electron chi connectivity index (χ0n) is 16.7. The molecule has 0 saturated carbocycles. The predicted molar refractivity (Wildman–Crippen MR) is 113 cm³/mol. The summed E-state index contributed by atoms with van der Waals surface area (Å²) in [5, 5.41) is 22.7. The van der Waals surface area contributed by atoms with Crippen LogP contribution in [0, 0.1) is 0 Å². The predicted octanol–water partition coefficient (Wildman–Crippen LogP) is 0.166. The van der Waals surface area contributed by atoms with Crippen molar-refractivity contribution in [2.45, 2.75) is 49.8 Å². The Labute approximate surface area is 216 Å². The van der Waals surface area contributed by atoms with E-state index in [1.165, 1.54) is 0 Å². The minimum absolute atomic E-state index is 0. The number of aromatic hydroxyl groups is 1. The van der Waals surface area contributed by atoms with Gasteiger partial charge in [0.1, 0.15) is 11.8 Å². The summed E-state index contributed by atoms with van der Waals surface area (Å²) in [5.74, 6) is -0.447. The van der Waals surface area contributed by atoms with E-state index in [4.69, 9.17) is 0 Å². The van der Waals surface area contributed by atoms with Crippen molar-refractivity contribution in [2.75, 3.05) is 5.75 Å². The second-order valence-corrected chi connectivity index (χ2v) is 7.80. The maximum Gasteiger partial charge on any atom is 2.00 e. The largest absolute Gasteiger partial charge is 2.00 e. The van der Waals surface area contributed by atoms with Gasteiger partial charge in [-0.05, 0) is 48.8 Å². The number of carbonyl (C=O) groups excluding carboxylic acids is 1. The van der Waals surface area contributed by atoms with Crippen LogP contribution in [0.4, 0.5) is 0 Å². The number of hydrogen-bond acceptors (Lipinski definition) is 5. The van der Waals surface area contributed by atoms with E-state index in [0.29, 0.717) is 12.8 Å². The third kappa shape index (κ3) is 9.66. The molecule has 0 fully saturated rings. The molecule has 1 heterocycles. The van der Waals surface area contributed by atoms with Crippen molar-refractivity contribution in [3.63, 3.8) is 0 Å². The summed E-state index contributed by atoms with van der Waals surface area (Å²) in [6.45, 7) is 0.